The summed E-state index contributed by atoms with van der Waals surface area (Å²) in [6.45, 7) is 8.44. The first-order valence-electron chi connectivity index (χ1n) is 7.38. The Morgan fingerprint density at radius 1 is 1.12 bits per heavy atom. The van der Waals surface area contributed by atoms with Crippen LogP contribution in [0.2, 0.25) is 0 Å². The van der Waals surface area contributed by atoms with E-state index in [-0.39, 0.29) is 0 Å². The van der Waals surface area contributed by atoms with E-state index < -0.39 is 5.60 Å². The summed E-state index contributed by atoms with van der Waals surface area (Å²) >= 11 is 0. The fourth-order valence-corrected chi connectivity index (χ4v) is 3.84. The van der Waals surface area contributed by atoms with Gasteiger partial charge in [-0.1, -0.05) is 27.2 Å². The highest BCUT2D eigenvalue weighted by atomic mass is 16.5. The van der Waals surface area contributed by atoms with Gasteiger partial charge in [-0.15, -0.1) is 0 Å². The smallest absolute Gasteiger partial charge is 0.0724 e. The Labute approximate surface area is 106 Å². The number of rotatable bonds is 3. The Morgan fingerprint density at radius 3 is 2.41 bits per heavy atom. The van der Waals surface area contributed by atoms with Crippen LogP contribution in [0.5, 0.6) is 0 Å². The monoisotopic (exact) mass is 240 g/mol. The molecule has 1 aliphatic heterocycles. The van der Waals surface area contributed by atoms with Gasteiger partial charge in [0.1, 0.15) is 0 Å². The summed E-state index contributed by atoms with van der Waals surface area (Å²) in [5.41, 5.74) is -0.467. The van der Waals surface area contributed by atoms with Gasteiger partial charge in [0.15, 0.2) is 0 Å². The Morgan fingerprint density at radius 2 is 1.88 bits per heavy atom. The third kappa shape index (κ3) is 2.53. The molecule has 5 unspecified atom stereocenters. The maximum Gasteiger partial charge on any atom is 0.0724 e. The molecule has 100 valence electrons. The van der Waals surface area contributed by atoms with Crippen molar-refractivity contribution in [1.82, 2.24) is 0 Å². The largest absolute Gasteiger partial charge is 0.389 e. The van der Waals surface area contributed by atoms with Crippen molar-refractivity contribution in [2.45, 2.75) is 58.5 Å². The summed E-state index contributed by atoms with van der Waals surface area (Å²) in [5.74, 6) is 2.45. The maximum atomic E-state index is 11.1. The highest BCUT2D eigenvalue weighted by Gasteiger charge is 2.45. The standard InChI is InChI=1S/C15H28O2/c1-4-15(16,14-7-8-17-10-14)13-6-5-11(2)12(3)9-13/h11-14,16H,4-10H2,1-3H3. The molecule has 0 aromatic carbocycles. The Hall–Kier alpha value is -0.0800. The molecule has 2 aliphatic rings. The van der Waals surface area contributed by atoms with Gasteiger partial charge in [0.2, 0.25) is 0 Å². The normalized spacial score (nSPS) is 42.4. The van der Waals surface area contributed by atoms with Gasteiger partial charge in [0.05, 0.1) is 12.2 Å². The molecule has 0 aromatic rings. The molecular weight excluding hydrogens is 212 g/mol. The van der Waals surface area contributed by atoms with E-state index in [0.29, 0.717) is 11.8 Å². The van der Waals surface area contributed by atoms with Crippen molar-refractivity contribution in [2.24, 2.45) is 23.7 Å². The molecule has 1 aliphatic carbocycles. The molecule has 1 heterocycles. The van der Waals surface area contributed by atoms with E-state index in [4.69, 9.17) is 4.74 Å². The fourth-order valence-electron chi connectivity index (χ4n) is 3.84. The molecule has 2 nitrogen and oxygen atoms in total. The van der Waals surface area contributed by atoms with Crippen molar-refractivity contribution < 1.29 is 9.84 Å². The van der Waals surface area contributed by atoms with Gasteiger partial charge in [-0.25, -0.2) is 0 Å². The first-order chi connectivity index (χ1) is 8.08. The summed E-state index contributed by atoms with van der Waals surface area (Å²) < 4.78 is 5.48. The van der Waals surface area contributed by atoms with Gasteiger partial charge in [-0.2, -0.15) is 0 Å². The van der Waals surface area contributed by atoms with Gasteiger partial charge in [0, 0.05) is 12.5 Å². The molecule has 0 spiro atoms. The molecule has 2 rings (SSSR count). The summed E-state index contributed by atoms with van der Waals surface area (Å²) in [4.78, 5) is 0. The van der Waals surface area contributed by atoms with Crippen LogP contribution in [-0.2, 0) is 4.74 Å². The quantitative estimate of drug-likeness (QED) is 0.820. The topological polar surface area (TPSA) is 29.5 Å². The van der Waals surface area contributed by atoms with E-state index in [2.05, 4.69) is 20.8 Å². The average Bonchev–Trinajstić information content (AvgIpc) is 2.86. The van der Waals surface area contributed by atoms with Crippen molar-refractivity contribution in [3.05, 3.63) is 0 Å². The molecule has 1 N–H and O–H groups in total. The predicted octanol–water partition coefficient (Wildman–Crippen LogP) is 3.24. The zero-order chi connectivity index (χ0) is 12.5. The lowest BCUT2D eigenvalue weighted by atomic mass is 9.64. The summed E-state index contributed by atoms with van der Waals surface area (Å²) in [6.07, 6.45) is 5.60. The van der Waals surface area contributed by atoms with Crippen molar-refractivity contribution in [3.63, 3.8) is 0 Å². The lowest BCUT2D eigenvalue weighted by Gasteiger charge is -2.45. The first-order valence-corrected chi connectivity index (χ1v) is 7.38. The molecule has 17 heavy (non-hydrogen) atoms. The van der Waals surface area contributed by atoms with E-state index in [9.17, 15) is 5.11 Å². The van der Waals surface area contributed by atoms with Gasteiger partial charge >= 0.3 is 0 Å². The Bertz CT molecular complexity index is 247. The third-order valence-electron chi connectivity index (χ3n) is 5.51. The van der Waals surface area contributed by atoms with E-state index in [1.165, 1.54) is 19.3 Å². The van der Waals surface area contributed by atoms with Crippen LogP contribution in [-0.4, -0.2) is 23.9 Å². The molecule has 0 bridgehead atoms. The number of aliphatic hydroxyl groups is 1. The molecule has 5 atom stereocenters. The van der Waals surface area contributed by atoms with Crippen molar-refractivity contribution in [1.29, 1.82) is 0 Å². The van der Waals surface area contributed by atoms with E-state index in [1.807, 2.05) is 0 Å². The van der Waals surface area contributed by atoms with Crippen LogP contribution < -0.4 is 0 Å². The summed E-state index contributed by atoms with van der Waals surface area (Å²) in [6, 6.07) is 0. The number of hydrogen-bond donors (Lipinski definition) is 1. The van der Waals surface area contributed by atoms with Crippen LogP contribution in [0, 0.1) is 23.7 Å². The minimum Gasteiger partial charge on any atom is -0.389 e. The lowest BCUT2D eigenvalue weighted by Crippen LogP contribution is -2.47. The lowest BCUT2D eigenvalue weighted by molar-refractivity contribution is -0.0946. The summed E-state index contributed by atoms with van der Waals surface area (Å²) in [7, 11) is 0. The zero-order valence-electron chi connectivity index (χ0n) is 11.6. The van der Waals surface area contributed by atoms with Crippen LogP contribution in [0.15, 0.2) is 0 Å². The maximum absolute atomic E-state index is 11.1. The second-order valence-electron chi connectivity index (χ2n) is 6.37. The minimum absolute atomic E-state index is 0.373. The zero-order valence-corrected chi connectivity index (χ0v) is 11.6. The van der Waals surface area contributed by atoms with Crippen LogP contribution >= 0.6 is 0 Å². The SMILES string of the molecule is CCC(O)(C1CCOC1)C1CCC(C)C(C)C1. The van der Waals surface area contributed by atoms with Crippen LogP contribution in [0.4, 0.5) is 0 Å². The highest BCUT2D eigenvalue weighted by molar-refractivity contribution is 4.95. The van der Waals surface area contributed by atoms with Crippen LogP contribution in [0.25, 0.3) is 0 Å². The third-order valence-corrected chi connectivity index (χ3v) is 5.51. The van der Waals surface area contributed by atoms with Crippen LogP contribution in [0.1, 0.15) is 52.9 Å². The van der Waals surface area contributed by atoms with E-state index in [0.717, 1.165) is 37.9 Å². The van der Waals surface area contributed by atoms with Gasteiger partial charge < -0.3 is 9.84 Å². The van der Waals surface area contributed by atoms with Gasteiger partial charge in [-0.3, -0.25) is 0 Å². The van der Waals surface area contributed by atoms with Gasteiger partial charge in [-0.05, 0) is 43.4 Å². The first kappa shape index (κ1) is 13.4. The Balaban J connectivity index is 2.06. The van der Waals surface area contributed by atoms with Crippen molar-refractivity contribution in [3.8, 4) is 0 Å². The second-order valence-corrected chi connectivity index (χ2v) is 6.37. The minimum atomic E-state index is -0.467. The number of hydrogen-bond acceptors (Lipinski definition) is 2. The molecule has 0 amide bonds. The molecule has 1 saturated heterocycles. The molecule has 1 saturated carbocycles. The molecule has 2 heteroatoms. The van der Waals surface area contributed by atoms with Gasteiger partial charge in [0.25, 0.3) is 0 Å². The van der Waals surface area contributed by atoms with Crippen molar-refractivity contribution >= 4 is 0 Å². The second kappa shape index (κ2) is 5.27. The Kier molecular flexibility index (Phi) is 4.14. The molecular formula is C15H28O2. The van der Waals surface area contributed by atoms with E-state index in [1.54, 1.807) is 0 Å². The van der Waals surface area contributed by atoms with E-state index >= 15 is 0 Å². The fraction of sp³-hybridized carbons (Fsp3) is 1.00. The molecule has 2 fully saturated rings. The molecule has 0 aromatic heterocycles. The summed E-state index contributed by atoms with van der Waals surface area (Å²) in [5, 5.41) is 11.1. The highest BCUT2D eigenvalue weighted by Crippen LogP contribution is 2.45. The number of ether oxygens (including phenoxy) is 1. The van der Waals surface area contributed by atoms with Crippen LogP contribution in [0.3, 0.4) is 0 Å². The average molecular weight is 240 g/mol. The molecule has 0 radical (unpaired) electrons. The predicted molar refractivity (Wildman–Crippen MR) is 69.8 cm³/mol. The van der Waals surface area contributed by atoms with Crippen molar-refractivity contribution in [2.75, 3.05) is 13.2 Å².